The number of rotatable bonds is 4. The number of Topliss-reactive ketones (excluding diaryl/α,β-unsaturated/α-hetero) is 1. The number of hydrogen-bond acceptors (Lipinski definition) is 1. The first kappa shape index (κ1) is 13.0. The highest BCUT2D eigenvalue weighted by atomic mass is 79.9. The number of carbonyl (C=O) groups excluding carboxylic acids is 1. The summed E-state index contributed by atoms with van der Waals surface area (Å²) in [6.45, 7) is 1.97. The average Bonchev–Trinajstić information content (AvgIpc) is 2.37. The van der Waals surface area contributed by atoms with Gasteiger partial charge in [0, 0.05) is 16.5 Å². The number of aryl methyl sites for hydroxylation is 2. The van der Waals surface area contributed by atoms with E-state index in [9.17, 15) is 4.79 Å². The van der Waals surface area contributed by atoms with Crippen LogP contribution in [0.25, 0.3) is 0 Å². The summed E-state index contributed by atoms with van der Waals surface area (Å²) in [5.41, 5.74) is 3.07. The van der Waals surface area contributed by atoms with Crippen molar-refractivity contribution in [1.82, 2.24) is 0 Å². The lowest BCUT2D eigenvalue weighted by molar-refractivity contribution is 0.0982. The van der Waals surface area contributed by atoms with Gasteiger partial charge in [0.25, 0.3) is 0 Å². The highest BCUT2D eigenvalue weighted by molar-refractivity contribution is 9.10. The Balaban J connectivity index is 2.04. The van der Waals surface area contributed by atoms with Crippen molar-refractivity contribution in [1.29, 1.82) is 0 Å². The second-order valence-electron chi connectivity index (χ2n) is 4.37. The van der Waals surface area contributed by atoms with Gasteiger partial charge in [-0.25, -0.2) is 0 Å². The van der Waals surface area contributed by atoms with E-state index in [2.05, 4.69) is 28.1 Å². The fourth-order valence-electron chi connectivity index (χ4n) is 1.98. The molecule has 2 rings (SSSR count). The van der Waals surface area contributed by atoms with Gasteiger partial charge >= 0.3 is 0 Å². The van der Waals surface area contributed by atoms with Gasteiger partial charge in [0.05, 0.1) is 0 Å². The number of carbonyl (C=O) groups is 1. The van der Waals surface area contributed by atoms with Crippen LogP contribution >= 0.6 is 15.9 Å². The molecule has 18 heavy (non-hydrogen) atoms. The van der Waals surface area contributed by atoms with E-state index in [-0.39, 0.29) is 5.78 Å². The summed E-state index contributed by atoms with van der Waals surface area (Å²) in [5.74, 6) is 0.212. The van der Waals surface area contributed by atoms with Gasteiger partial charge in [0.15, 0.2) is 5.78 Å². The van der Waals surface area contributed by atoms with E-state index in [0.717, 1.165) is 22.0 Å². The van der Waals surface area contributed by atoms with E-state index < -0.39 is 0 Å². The minimum absolute atomic E-state index is 0.212. The monoisotopic (exact) mass is 302 g/mol. The Morgan fingerprint density at radius 3 is 2.50 bits per heavy atom. The fourth-order valence-corrected chi connectivity index (χ4v) is 2.45. The summed E-state index contributed by atoms with van der Waals surface area (Å²) < 4.78 is 1.01. The molecule has 0 radical (unpaired) electrons. The van der Waals surface area contributed by atoms with Crippen LogP contribution in [-0.4, -0.2) is 5.78 Å². The number of halogens is 1. The highest BCUT2D eigenvalue weighted by Gasteiger charge is 2.09. The van der Waals surface area contributed by atoms with Crippen molar-refractivity contribution in [3.63, 3.8) is 0 Å². The van der Waals surface area contributed by atoms with Crippen molar-refractivity contribution in [2.45, 2.75) is 19.8 Å². The maximum absolute atomic E-state index is 12.1. The molecule has 92 valence electrons. The van der Waals surface area contributed by atoms with Gasteiger partial charge in [0.2, 0.25) is 0 Å². The fraction of sp³-hybridized carbons (Fsp3) is 0.188. The van der Waals surface area contributed by atoms with Crippen LogP contribution < -0.4 is 0 Å². The molecule has 0 saturated heterocycles. The summed E-state index contributed by atoms with van der Waals surface area (Å²) in [6, 6.07) is 15.9. The Labute approximate surface area is 116 Å². The Bertz CT molecular complexity index is 546. The average molecular weight is 303 g/mol. The Morgan fingerprint density at radius 2 is 1.83 bits per heavy atom. The highest BCUT2D eigenvalue weighted by Crippen LogP contribution is 2.18. The van der Waals surface area contributed by atoms with Crippen molar-refractivity contribution < 1.29 is 4.79 Å². The SMILES string of the molecule is Cc1cc(Br)ccc1C(=O)CCc1ccccc1. The van der Waals surface area contributed by atoms with Crippen LogP contribution in [0.15, 0.2) is 53.0 Å². The second kappa shape index (κ2) is 5.96. The summed E-state index contributed by atoms with van der Waals surface area (Å²) in [7, 11) is 0. The van der Waals surface area contributed by atoms with E-state index in [1.807, 2.05) is 43.3 Å². The molecule has 0 heterocycles. The molecule has 0 unspecified atom stereocenters. The normalized spacial score (nSPS) is 10.3. The van der Waals surface area contributed by atoms with Crippen LogP contribution in [0, 0.1) is 6.92 Å². The second-order valence-corrected chi connectivity index (χ2v) is 5.28. The Hall–Kier alpha value is -1.41. The summed E-state index contributed by atoms with van der Waals surface area (Å²) in [5, 5.41) is 0. The van der Waals surface area contributed by atoms with E-state index in [4.69, 9.17) is 0 Å². The third kappa shape index (κ3) is 3.30. The molecule has 0 atom stereocenters. The van der Waals surface area contributed by atoms with Crippen molar-refractivity contribution in [3.05, 3.63) is 69.7 Å². The van der Waals surface area contributed by atoms with Crippen molar-refractivity contribution in [3.8, 4) is 0 Å². The van der Waals surface area contributed by atoms with Crippen molar-refractivity contribution in [2.24, 2.45) is 0 Å². The lowest BCUT2D eigenvalue weighted by atomic mass is 9.99. The van der Waals surface area contributed by atoms with Gasteiger partial charge < -0.3 is 0 Å². The van der Waals surface area contributed by atoms with Gasteiger partial charge in [-0.15, -0.1) is 0 Å². The van der Waals surface area contributed by atoms with Crippen LogP contribution in [0.3, 0.4) is 0 Å². The molecule has 0 spiro atoms. The first-order valence-electron chi connectivity index (χ1n) is 6.00. The van der Waals surface area contributed by atoms with Gasteiger partial charge in [-0.2, -0.15) is 0 Å². The first-order chi connectivity index (χ1) is 8.66. The molecule has 0 fully saturated rings. The minimum atomic E-state index is 0.212. The maximum Gasteiger partial charge on any atom is 0.163 e. The molecule has 2 aromatic rings. The van der Waals surface area contributed by atoms with Crippen LogP contribution in [-0.2, 0) is 6.42 Å². The number of benzene rings is 2. The molecule has 2 aromatic carbocycles. The molecule has 0 N–H and O–H groups in total. The first-order valence-corrected chi connectivity index (χ1v) is 6.79. The molecular weight excluding hydrogens is 288 g/mol. The van der Waals surface area contributed by atoms with Crippen LogP contribution in [0.4, 0.5) is 0 Å². The molecule has 0 aliphatic carbocycles. The Morgan fingerprint density at radius 1 is 1.11 bits per heavy atom. The molecule has 0 saturated carbocycles. The van der Waals surface area contributed by atoms with Crippen LogP contribution in [0.5, 0.6) is 0 Å². The third-order valence-electron chi connectivity index (χ3n) is 2.97. The molecule has 0 aromatic heterocycles. The molecule has 0 bridgehead atoms. The molecule has 0 aliphatic rings. The Kier molecular flexibility index (Phi) is 4.32. The van der Waals surface area contributed by atoms with E-state index in [1.165, 1.54) is 5.56 Å². The molecule has 1 nitrogen and oxygen atoms in total. The summed E-state index contributed by atoms with van der Waals surface area (Å²) >= 11 is 3.41. The standard InChI is InChI=1S/C16H15BrO/c1-12-11-14(17)8-9-15(12)16(18)10-7-13-5-3-2-4-6-13/h2-6,8-9,11H,7,10H2,1H3. The van der Waals surface area contributed by atoms with E-state index in [1.54, 1.807) is 0 Å². The van der Waals surface area contributed by atoms with E-state index >= 15 is 0 Å². The molecule has 0 aliphatic heterocycles. The van der Waals surface area contributed by atoms with Crippen molar-refractivity contribution in [2.75, 3.05) is 0 Å². The predicted octanol–water partition coefficient (Wildman–Crippen LogP) is 4.57. The predicted molar refractivity (Wildman–Crippen MR) is 78.0 cm³/mol. The maximum atomic E-state index is 12.1. The smallest absolute Gasteiger partial charge is 0.163 e. The quantitative estimate of drug-likeness (QED) is 0.756. The van der Waals surface area contributed by atoms with Crippen molar-refractivity contribution >= 4 is 21.7 Å². The zero-order valence-electron chi connectivity index (χ0n) is 10.3. The molecule has 0 amide bonds. The van der Waals surface area contributed by atoms with Crippen LogP contribution in [0.1, 0.15) is 27.9 Å². The summed E-state index contributed by atoms with van der Waals surface area (Å²) in [4.78, 5) is 12.1. The van der Waals surface area contributed by atoms with Gasteiger partial charge in [-0.05, 0) is 36.6 Å². The zero-order valence-corrected chi connectivity index (χ0v) is 11.9. The molecule has 2 heteroatoms. The summed E-state index contributed by atoms with van der Waals surface area (Å²) in [6.07, 6.45) is 1.36. The largest absolute Gasteiger partial charge is 0.294 e. The lowest BCUT2D eigenvalue weighted by Gasteiger charge is -2.05. The van der Waals surface area contributed by atoms with Gasteiger partial charge in [-0.1, -0.05) is 52.3 Å². The van der Waals surface area contributed by atoms with Gasteiger partial charge in [0.1, 0.15) is 0 Å². The molecular formula is C16H15BrO. The topological polar surface area (TPSA) is 17.1 Å². The third-order valence-corrected chi connectivity index (χ3v) is 3.47. The zero-order chi connectivity index (χ0) is 13.0. The van der Waals surface area contributed by atoms with Gasteiger partial charge in [-0.3, -0.25) is 4.79 Å². The number of ketones is 1. The lowest BCUT2D eigenvalue weighted by Crippen LogP contribution is -2.03. The van der Waals surface area contributed by atoms with E-state index in [0.29, 0.717) is 6.42 Å². The minimum Gasteiger partial charge on any atom is -0.294 e. The number of hydrogen-bond donors (Lipinski definition) is 0. The van der Waals surface area contributed by atoms with Crippen LogP contribution in [0.2, 0.25) is 0 Å².